The number of aromatic nitrogens is 2. The first-order chi connectivity index (χ1) is 9.27. The van der Waals surface area contributed by atoms with E-state index in [1.807, 2.05) is 12.4 Å². The SMILES string of the molecule is Cc1c2ccncc2c(C)c2c1[nH]c1ccccc12.N. The predicted octanol–water partition coefficient (Wildman–Crippen LogP) is 4.65. The first kappa shape index (κ1) is 12.6. The fourth-order valence-corrected chi connectivity index (χ4v) is 3.10. The molecule has 4 aromatic rings. The number of H-pyrrole nitrogens is 1. The maximum atomic E-state index is 4.28. The van der Waals surface area contributed by atoms with Gasteiger partial charge in [0.1, 0.15) is 0 Å². The highest BCUT2D eigenvalue weighted by Crippen LogP contribution is 2.35. The number of fused-ring (bicyclic) bond motifs is 4. The molecule has 2 aromatic heterocycles. The van der Waals surface area contributed by atoms with Crippen LogP contribution < -0.4 is 6.15 Å². The fraction of sp³-hybridized carbons (Fsp3) is 0.118. The van der Waals surface area contributed by atoms with E-state index in [9.17, 15) is 0 Å². The molecule has 0 radical (unpaired) electrons. The molecule has 0 amide bonds. The lowest BCUT2D eigenvalue weighted by Crippen LogP contribution is -1.87. The van der Waals surface area contributed by atoms with Gasteiger partial charge in [0.25, 0.3) is 0 Å². The van der Waals surface area contributed by atoms with Gasteiger partial charge in [-0.25, -0.2) is 0 Å². The minimum atomic E-state index is 0. The number of para-hydroxylation sites is 1. The lowest BCUT2D eigenvalue weighted by atomic mass is 9.97. The second kappa shape index (κ2) is 4.32. The number of nitrogens with zero attached hydrogens (tertiary/aromatic N) is 1. The van der Waals surface area contributed by atoms with Crippen LogP contribution in [0.25, 0.3) is 32.6 Å². The second-order valence-electron chi connectivity index (χ2n) is 5.09. The molecule has 0 saturated carbocycles. The number of hydrogen-bond acceptors (Lipinski definition) is 2. The smallest absolute Gasteiger partial charge is 0.0503 e. The quantitative estimate of drug-likeness (QED) is 0.485. The van der Waals surface area contributed by atoms with Gasteiger partial charge in [0.2, 0.25) is 0 Å². The van der Waals surface area contributed by atoms with E-state index in [1.54, 1.807) is 0 Å². The Morgan fingerprint density at radius 3 is 2.55 bits per heavy atom. The third kappa shape index (κ3) is 1.47. The third-order valence-corrected chi connectivity index (χ3v) is 4.09. The molecule has 0 spiro atoms. The van der Waals surface area contributed by atoms with Crippen LogP contribution >= 0.6 is 0 Å². The maximum Gasteiger partial charge on any atom is 0.0503 e. The van der Waals surface area contributed by atoms with E-state index in [4.69, 9.17) is 0 Å². The summed E-state index contributed by atoms with van der Waals surface area (Å²) < 4.78 is 0. The normalized spacial score (nSPS) is 11.1. The number of nitrogens with one attached hydrogen (secondary N) is 1. The molecule has 0 atom stereocenters. The molecule has 2 aromatic carbocycles. The Kier molecular flexibility index (Phi) is 2.73. The monoisotopic (exact) mass is 263 g/mol. The Balaban J connectivity index is 0.00000121. The Hall–Kier alpha value is -2.39. The summed E-state index contributed by atoms with van der Waals surface area (Å²) in [5, 5.41) is 5.15. The Labute approximate surface area is 117 Å². The van der Waals surface area contributed by atoms with Crippen LogP contribution in [0.3, 0.4) is 0 Å². The van der Waals surface area contributed by atoms with Crippen LogP contribution in [0.5, 0.6) is 0 Å². The average Bonchev–Trinajstić information content (AvgIpc) is 2.84. The van der Waals surface area contributed by atoms with Crippen molar-refractivity contribution < 1.29 is 0 Å². The van der Waals surface area contributed by atoms with Crippen LogP contribution in [0.15, 0.2) is 42.7 Å². The molecule has 3 heteroatoms. The number of pyridine rings is 1. The van der Waals surface area contributed by atoms with Gasteiger partial charge in [0.15, 0.2) is 0 Å². The van der Waals surface area contributed by atoms with Crippen molar-refractivity contribution in [3.63, 3.8) is 0 Å². The summed E-state index contributed by atoms with van der Waals surface area (Å²) in [6, 6.07) is 10.6. The van der Waals surface area contributed by atoms with E-state index >= 15 is 0 Å². The van der Waals surface area contributed by atoms with E-state index in [1.165, 1.54) is 43.7 Å². The van der Waals surface area contributed by atoms with Crippen LogP contribution in [-0.4, -0.2) is 9.97 Å². The molecule has 0 aliphatic heterocycles. The van der Waals surface area contributed by atoms with Crippen molar-refractivity contribution in [2.75, 3.05) is 0 Å². The standard InChI is InChI=1S/C17H14N2.H3N/c1-10-14-9-18-8-7-12(14)11(2)17-16(10)13-5-3-4-6-15(13)19-17;/h3-9,19H,1-2H3;1H3. The summed E-state index contributed by atoms with van der Waals surface area (Å²) >= 11 is 0. The number of aryl methyl sites for hydroxylation is 2. The van der Waals surface area contributed by atoms with Gasteiger partial charge in [-0.1, -0.05) is 18.2 Å². The van der Waals surface area contributed by atoms with E-state index in [-0.39, 0.29) is 6.15 Å². The molecule has 4 rings (SSSR count). The highest BCUT2D eigenvalue weighted by Gasteiger charge is 2.13. The van der Waals surface area contributed by atoms with Crippen LogP contribution in [0.4, 0.5) is 0 Å². The lowest BCUT2D eigenvalue weighted by Gasteiger charge is -2.08. The first-order valence-electron chi connectivity index (χ1n) is 6.50. The van der Waals surface area contributed by atoms with Crippen LogP contribution in [0, 0.1) is 13.8 Å². The topological polar surface area (TPSA) is 63.7 Å². The molecule has 0 bridgehead atoms. The Bertz CT molecular complexity index is 935. The first-order valence-corrected chi connectivity index (χ1v) is 6.50. The average molecular weight is 263 g/mol. The summed E-state index contributed by atoms with van der Waals surface area (Å²) in [6.45, 7) is 4.37. The van der Waals surface area contributed by atoms with Crippen molar-refractivity contribution in [1.29, 1.82) is 0 Å². The number of aromatic amines is 1. The maximum absolute atomic E-state index is 4.28. The largest absolute Gasteiger partial charge is 0.354 e. The van der Waals surface area contributed by atoms with Gasteiger partial charge < -0.3 is 11.1 Å². The van der Waals surface area contributed by atoms with E-state index in [0.717, 1.165) is 0 Å². The third-order valence-electron chi connectivity index (χ3n) is 4.09. The molecule has 3 nitrogen and oxygen atoms in total. The van der Waals surface area contributed by atoms with E-state index in [0.29, 0.717) is 0 Å². The Morgan fingerprint density at radius 2 is 1.70 bits per heavy atom. The van der Waals surface area contributed by atoms with Crippen LogP contribution in [0.2, 0.25) is 0 Å². The van der Waals surface area contributed by atoms with Gasteiger partial charge in [0, 0.05) is 34.1 Å². The molecule has 0 saturated heterocycles. The molecular weight excluding hydrogens is 246 g/mol. The van der Waals surface area contributed by atoms with Crippen molar-refractivity contribution >= 4 is 32.6 Å². The van der Waals surface area contributed by atoms with Crippen molar-refractivity contribution in [3.8, 4) is 0 Å². The van der Waals surface area contributed by atoms with Gasteiger partial charge in [-0.3, -0.25) is 4.98 Å². The number of rotatable bonds is 0. The van der Waals surface area contributed by atoms with Gasteiger partial charge in [-0.15, -0.1) is 0 Å². The zero-order chi connectivity index (χ0) is 13.0. The molecule has 0 aliphatic carbocycles. The van der Waals surface area contributed by atoms with Crippen LogP contribution in [-0.2, 0) is 0 Å². The molecule has 20 heavy (non-hydrogen) atoms. The summed E-state index contributed by atoms with van der Waals surface area (Å²) in [5.41, 5.74) is 5.06. The van der Waals surface area contributed by atoms with Gasteiger partial charge in [-0.2, -0.15) is 0 Å². The van der Waals surface area contributed by atoms with Crippen molar-refractivity contribution in [2.45, 2.75) is 13.8 Å². The summed E-state index contributed by atoms with van der Waals surface area (Å²) in [4.78, 5) is 7.83. The predicted molar refractivity (Wildman–Crippen MR) is 85.6 cm³/mol. The minimum absolute atomic E-state index is 0. The molecular formula is C17H17N3. The summed E-state index contributed by atoms with van der Waals surface area (Å²) in [6.07, 6.45) is 3.84. The molecule has 0 fully saturated rings. The van der Waals surface area contributed by atoms with Crippen molar-refractivity contribution in [3.05, 3.63) is 53.9 Å². The zero-order valence-electron chi connectivity index (χ0n) is 11.7. The number of benzene rings is 2. The second-order valence-corrected chi connectivity index (χ2v) is 5.09. The molecule has 100 valence electrons. The van der Waals surface area contributed by atoms with E-state index < -0.39 is 0 Å². The minimum Gasteiger partial charge on any atom is -0.354 e. The highest BCUT2D eigenvalue weighted by molar-refractivity contribution is 6.16. The zero-order valence-corrected chi connectivity index (χ0v) is 11.7. The van der Waals surface area contributed by atoms with Crippen LogP contribution in [0.1, 0.15) is 11.1 Å². The molecule has 4 N–H and O–H groups in total. The van der Waals surface area contributed by atoms with Gasteiger partial charge >= 0.3 is 0 Å². The molecule has 0 aliphatic rings. The van der Waals surface area contributed by atoms with Gasteiger partial charge in [-0.05, 0) is 42.5 Å². The number of hydrogen-bond donors (Lipinski definition) is 2. The highest BCUT2D eigenvalue weighted by atomic mass is 14.7. The van der Waals surface area contributed by atoms with Gasteiger partial charge in [0.05, 0.1) is 5.52 Å². The molecule has 2 heterocycles. The van der Waals surface area contributed by atoms with E-state index in [2.05, 4.69) is 54.1 Å². The summed E-state index contributed by atoms with van der Waals surface area (Å²) in [7, 11) is 0. The van der Waals surface area contributed by atoms with Crippen molar-refractivity contribution in [1.82, 2.24) is 16.1 Å². The summed E-state index contributed by atoms with van der Waals surface area (Å²) in [5.74, 6) is 0. The lowest BCUT2D eigenvalue weighted by molar-refractivity contribution is 1.35. The van der Waals surface area contributed by atoms with Crippen molar-refractivity contribution in [2.24, 2.45) is 0 Å². The molecule has 0 unspecified atom stereocenters. The Morgan fingerprint density at radius 1 is 0.900 bits per heavy atom. The fourth-order valence-electron chi connectivity index (χ4n) is 3.10.